The van der Waals surface area contributed by atoms with Gasteiger partial charge in [0.05, 0.1) is 0 Å². The molecule has 88 valence electrons. The lowest BCUT2D eigenvalue weighted by molar-refractivity contribution is 0.430. The molecule has 16 heavy (non-hydrogen) atoms. The number of fused-ring (bicyclic) bond motifs is 1. The van der Waals surface area contributed by atoms with Gasteiger partial charge in [0.1, 0.15) is 0 Å². The topological polar surface area (TPSA) is 24.1 Å². The van der Waals surface area contributed by atoms with Crippen molar-refractivity contribution in [1.82, 2.24) is 10.6 Å². The van der Waals surface area contributed by atoms with Crippen LogP contribution in [0.15, 0.2) is 18.2 Å². The SMILES string of the molecule is CC(C)NCC1Cc2cc(Cl)ccc2CN1. The highest BCUT2D eigenvalue weighted by molar-refractivity contribution is 6.30. The van der Waals surface area contributed by atoms with Crippen molar-refractivity contribution in [2.45, 2.75) is 38.9 Å². The highest BCUT2D eigenvalue weighted by Gasteiger charge is 2.17. The molecule has 2 rings (SSSR count). The van der Waals surface area contributed by atoms with Crippen molar-refractivity contribution in [2.75, 3.05) is 6.54 Å². The zero-order valence-electron chi connectivity index (χ0n) is 9.89. The third kappa shape index (κ3) is 2.97. The van der Waals surface area contributed by atoms with Gasteiger partial charge in [-0.2, -0.15) is 0 Å². The van der Waals surface area contributed by atoms with Gasteiger partial charge in [-0.15, -0.1) is 0 Å². The lowest BCUT2D eigenvalue weighted by atomic mass is 9.96. The van der Waals surface area contributed by atoms with Crippen LogP contribution in [0.2, 0.25) is 5.02 Å². The molecule has 0 saturated carbocycles. The second-order valence-corrected chi connectivity index (χ2v) is 5.19. The molecule has 1 aliphatic heterocycles. The van der Waals surface area contributed by atoms with Gasteiger partial charge in [0.2, 0.25) is 0 Å². The third-order valence-corrected chi connectivity index (χ3v) is 3.22. The van der Waals surface area contributed by atoms with Gasteiger partial charge < -0.3 is 10.6 Å². The fourth-order valence-electron chi connectivity index (χ4n) is 2.07. The Kier molecular flexibility index (Phi) is 3.85. The van der Waals surface area contributed by atoms with E-state index in [1.165, 1.54) is 11.1 Å². The first kappa shape index (κ1) is 11.9. The van der Waals surface area contributed by atoms with Gasteiger partial charge in [-0.1, -0.05) is 31.5 Å². The Labute approximate surface area is 102 Å². The van der Waals surface area contributed by atoms with Gasteiger partial charge in [0.15, 0.2) is 0 Å². The summed E-state index contributed by atoms with van der Waals surface area (Å²) in [6, 6.07) is 7.25. The van der Waals surface area contributed by atoms with E-state index in [1.54, 1.807) is 0 Å². The zero-order chi connectivity index (χ0) is 11.5. The lowest BCUT2D eigenvalue weighted by Crippen LogP contribution is -2.44. The number of rotatable bonds is 3. The maximum Gasteiger partial charge on any atom is 0.0408 e. The molecule has 0 fully saturated rings. The van der Waals surface area contributed by atoms with E-state index in [0.29, 0.717) is 12.1 Å². The van der Waals surface area contributed by atoms with Gasteiger partial charge in [-0.05, 0) is 29.7 Å². The molecule has 0 amide bonds. The summed E-state index contributed by atoms with van der Waals surface area (Å²) in [5.74, 6) is 0. The van der Waals surface area contributed by atoms with E-state index >= 15 is 0 Å². The Bertz CT molecular complexity index is 363. The molecule has 2 N–H and O–H groups in total. The molecule has 2 nitrogen and oxygen atoms in total. The van der Waals surface area contributed by atoms with E-state index in [1.807, 2.05) is 6.07 Å². The van der Waals surface area contributed by atoms with Crippen LogP contribution in [0.5, 0.6) is 0 Å². The Morgan fingerprint density at radius 1 is 1.44 bits per heavy atom. The molecule has 3 heteroatoms. The molecule has 1 heterocycles. The minimum atomic E-state index is 0.522. The minimum absolute atomic E-state index is 0.522. The quantitative estimate of drug-likeness (QED) is 0.845. The maximum atomic E-state index is 6.02. The first-order valence-electron chi connectivity index (χ1n) is 5.89. The van der Waals surface area contributed by atoms with E-state index in [-0.39, 0.29) is 0 Å². The van der Waals surface area contributed by atoms with Crippen LogP contribution < -0.4 is 10.6 Å². The van der Waals surface area contributed by atoms with Crippen molar-refractivity contribution < 1.29 is 0 Å². The van der Waals surface area contributed by atoms with Crippen LogP contribution in [0.4, 0.5) is 0 Å². The molecule has 0 aliphatic carbocycles. The molecule has 1 unspecified atom stereocenters. The molecular formula is C13H19ClN2. The van der Waals surface area contributed by atoms with Crippen molar-refractivity contribution in [2.24, 2.45) is 0 Å². The number of halogens is 1. The van der Waals surface area contributed by atoms with E-state index < -0.39 is 0 Å². The van der Waals surface area contributed by atoms with E-state index in [2.05, 4.69) is 36.6 Å². The van der Waals surface area contributed by atoms with Crippen molar-refractivity contribution in [3.63, 3.8) is 0 Å². The second kappa shape index (κ2) is 5.17. The Morgan fingerprint density at radius 3 is 3.00 bits per heavy atom. The largest absolute Gasteiger partial charge is 0.313 e. The fraction of sp³-hybridized carbons (Fsp3) is 0.538. The van der Waals surface area contributed by atoms with Crippen LogP contribution >= 0.6 is 11.6 Å². The molecule has 1 aromatic rings. The number of benzene rings is 1. The van der Waals surface area contributed by atoms with Crippen molar-refractivity contribution in [1.29, 1.82) is 0 Å². The summed E-state index contributed by atoms with van der Waals surface area (Å²) in [6.07, 6.45) is 1.07. The van der Waals surface area contributed by atoms with Crippen molar-refractivity contribution in [3.8, 4) is 0 Å². The van der Waals surface area contributed by atoms with Crippen LogP contribution in [0, 0.1) is 0 Å². The smallest absolute Gasteiger partial charge is 0.0408 e. The normalized spacial score (nSPS) is 19.9. The summed E-state index contributed by atoms with van der Waals surface area (Å²) in [5.41, 5.74) is 2.77. The fourth-order valence-corrected chi connectivity index (χ4v) is 2.27. The van der Waals surface area contributed by atoms with Crippen LogP contribution in [0.3, 0.4) is 0 Å². The third-order valence-electron chi connectivity index (χ3n) is 2.99. The molecule has 0 saturated heterocycles. The van der Waals surface area contributed by atoms with Crippen molar-refractivity contribution in [3.05, 3.63) is 34.3 Å². The summed E-state index contributed by atoms with van der Waals surface area (Å²) >= 11 is 6.02. The van der Waals surface area contributed by atoms with Crippen LogP contribution in [0.1, 0.15) is 25.0 Å². The highest BCUT2D eigenvalue weighted by Crippen LogP contribution is 2.20. The number of nitrogens with one attached hydrogen (secondary N) is 2. The summed E-state index contributed by atoms with van der Waals surface area (Å²) in [6.45, 7) is 6.32. The average molecular weight is 239 g/mol. The molecule has 1 atom stereocenters. The molecule has 1 aliphatic rings. The van der Waals surface area contributed by atoms with Crippen LogP contribution in [-0.2, 0) is 13.0 Å². The van der Waals surface area contributed by atoms with E-state index in [9.17, 15) is 0 Å². The summed E-state index contributed by atoms with van der Waals surface area (Å²) in [5, 5.41) is 7.85. The monoisotopic (exact) mass is 238 g/mol. The molecular weight excluding hydrogens is 220 g/mol. The molecule has 0 aromatic heterocycles. The Balaban J connectivity index is 1.99. The van der Waals surface area contributed by atoms with Crippen LogP contribution in [0.25, 0.3) is 0 Å². The molecule has 0 radical (unpaired) electrons. The van der Waals surface area contributed by atoms with Gasteiger partial charge in [-0.25, -0.2) is 0 Å². The van der Waals surface area contributed by atoms with Gasteiger partial charge >= 0.3 is 0 Å². The number of hydrogen-bond acceptors (Lipinski definition) is 2. The standard InChI is InChI=1S/C13H19ClN2/c1-9(2)15-8-13-6-11-5-12(14)4-3-10(11)7-16-13/h3-5,9,13,15-16H,6-8H2,1-2H3. The first-order valence-corrected chi connectivity index (χ1v) is 6.27. The van der Waals surface area contributed by atoms with Crippen molar-refractivity contribution >= 4 is 11.6 Å². The lowest BCUT2D eigenvalue weighted by Gasteiger charge is -2.27. The molecule has 1 aromatic carbocycles. The minimum Gasteiger partial charge on any atom is -0.313 e. The van der Waals surface area contributed by atoms with E-state index in [0.717, 1.165) is 24.5 Å². The Morgan fingerprint density at radius 2 is 2.25 bits per heavy atom. The highest BCUT2D eigenvalue weighted by atomic mass is 35.5. The molecule has 0 bridgehead atoms. The Hall–Kier alpha value is -0.570. The summed E-state index contributed by atoms with van der Waals surface area (Å²) in [4.78, 5) is 0. The second-order valence-electron chi connectivity index (χ2n) is 4.76. The average Bonchev–Trinajstić information content (AvgIpc) is 2.25. The van der Waals surface area contributed by atoms with Gasteiger partial charge in [-0.3, -0.25) is 0 Å². The van der Waals surface area contributed by atoms with E-state index in [4.69, 9.17) is 11.6 Å². The number of hydrogen-bond donors (Lipinski definition) is 2. The molecule has 0 spiro atoms. The van der Waals surface area contributed by atoms with Crippen LogP contribution in [-0.4, -0.2) is 18.6 Å². The van der Waals surface area contributed by atoms with Gasteiger partial charge in [0, 0.05) is 30.2 Å². The maximum absolute atomic E-state index is 6.02. The predicted octanol–water partition coefficient (Wildman–Crippen LogP) is 2.35. The van der Waals surface area contributed by atoms with Gasteiger partial charge in [0.25, 0.3) is 0 Å². The first-order chi connectivity index (χ1) is 7.65. The predicted molar refractivity (Wildman–Crippen MR) is 68.9 cm³/mol. The zero-order valence-corrected chi connectivity index (χ0v) is 10.6. The summed E-state index contributed by atoms with van der Waals surface area (Å²) in [7, 11) is 0. The summed E-state index contributed by atoms with van der Waals surface area (Å²) < 4.78 is 0.